The summed E-state index contributed by atoms with van der Waals surface area (Å²) in [5.74, 6) is -0.199. The number of likely N-dealkylation sites (N-methyl/N-ethyl adjacent to an activating group) is 1. The molecule has 0 atom stereocenters. The Morgan fingerprint density at radius 1 is 1.30 bits per heavy atom. The van der Waals surface area contributed by atoms with E-state index in [2.05, 4.69) is 5.32 Å². The number of methoxy groups -OCH3 is 1. The molecule has 0 saturated heterocycles. The van der Waals surface area contributed by atoms with Crippen LogP contribution in [0.15, 0.2) is 18.2 Å². The molecule has 1 N–H and O–H groups in total. The van der Waals surface area contributed by atoms with Gasteiger partial charge in [-0.25, -0.2) is 4.39 Å². The van der Waals surface area contributed by atoms with Crippen molar-refractivity contribution in [2.24, 2.45) is 0 Å². The zero-order valence-corrected chi connectivity index (χ0v) is 12.6. The Kier molecular flexibility index (Phi) is 8.18. The zero-order chi connectivity index (χ0) is 14.8. The summed E-state index contributed by atoms with van der Waals surface area (Å²) in [5.41, 5.74) is 1.58. The summed E-state index contributed by atoms with van der Waals surface area (Å²) in [6.45, 7) is 5.90. The normalized spacial score (nSPS) is 10.8. The fraction of sp³-hybridized carbons (Fsp3) is 0.600. The van der Waals surface area contributed by atoms with Crippen LogP contribution in [0, 0.1) is 5.82 Å². The minimum atomic E-state index is -0.199. The molecule has 0 saturated carbocycles. The molecule has 1 aromatic rings. The maximum absolute atomic E-state index is 14.1. The quantitative estimate of drug-likeness (QED) is 0.667. The molecule has 0 aliphatic rings. The Morgan fingerprint density at radius 3 is 2.80 bits per heavy atom. The van der Waals surface area contributed by atoms with Crippen LogP contribution in [0.4, 0.5) is 10.1 Å². The molecule has 20 heavy (non-hydrogen) atoms. The number of ether oxygens (including phenoxy) is 2. The largest absolute Gasteiger partial charge is 0.383 e. The third kappa shape index (κ3) is 5.45. The van der Waals surface area contributed by atoms with Crippen LogP contribution in [0.5, 0.6) is 0 Å². The molecule has 0 bridgehead atoms. The number of rotatable bonds is 10. The molecule has 0 amide bonds. The fourth-order valence-corrected chi connectivity index (χ4v) is 1.99. The Hall–Kier alpha value is -1.17. The Labute approximate surface area is 120 Å². The van der Waals surface area contributed by atoms with Crippen LogP contribution in [-0.2, 0) is 16.0 Å². The summed E-state index contributed by atoms with van der Waals surface area (Å²) >= 11 is 0. The van der Waals surface area contributed by atoms with E-state index in [0.717, 1.165) is 12.1 Å². The lowest BCUT2D eigenvalue weighted by atomic mass is 10.1. The number of anilines is 1. The van der Waals surface area contributed by atoms with Gasteiger partial charge in [0, 0.05) is 40.4 Å². The van der Waals surface area contributed by atoms with Crippen LogP contribution in [0.1, 0.15) is 12.5 Å². The molecule has 0 unspecified atom stereocenters. The van der Waals surface area contributed by atoms with Gasteiger partial charge in [0.15, 0.2) is 0 Å². The smallest absolute Gasteiger partial charge is 0.146 e. The van der Waals surface area contributed by atoms with Crippen LogP contribution in [0.2, 0.25) is 0 Å². The van der Waals surface area contributed by atoms with Gasteiger partial charge in [0.05, 0.1) is 18.9 Å². The molecule has 0 aromatic heterocycles. The zero-order valence-electron chi connectivity index (χ0n) is 12.6. The van der Waals surface area contributed by atoms with Crippen LogP contribution in [0.25, 0.3) is 0 Å². The van der Waals surface area contributed by atoms with E-state index in [0.29, 0.717) is 38.6 Å². The molecule has 0 aliphatic carbocycles. The number of nitrogens with zero attached hydrogens (tertiary/aromatic N) is 1. The maximum Gasteiger partial charge on any atom is 0.146 e. The van der Waals surface area contributed by atoms with Gasteiger partial charge in [0.1, 0.15) is 5.82 Å². The third-order valence-electron chi connectivity index (χ3n) is 3.03. The molecule has 1 rings (SSSR count). The lowest BCUT2D eigenvalue weighted by molar-refractivity contribution is 0.154. The second kappa shape index (κ2) is 9.69. The van der Waals surface area contributed by atoms with Gasteiger partial charge in [-0.1, -0.05) is 12.1 Å². The average Bonchev–Trinajstić information content (AvgIpc) is 2.44. The lowest BCUT2D eigenvalue weighted by Crippen LogP contribution is -2.26. The van der Waals surface area contributed by atoms with E-state index in [-0.39, 0.29) is 5.82 Å². The monoisotopic (exact) mass is 284 g/mol. The third-order valence-corrected chi connectivity index (χ3v) is 3.03. The predicted octanol–water partition coefficient (Wildman–Crippen LogP) is 2.03. The van der Waals surface area contributed by atoms with Gasteiger partial charge in [-0.3, -0.25) is 0 Å². The predicted molar refractivity (Wildman–Crippen MR) is 79.7 cm³/mol. The summed E-state index contributed by atoms with van der Waals surface area (Å²) in [4.78, 5) is 1.90. The highest BCUT2D eigenvalue weighted by Gasteiger charge is 2.12. The Morgan fingerprint density at radius 2 is 2.10 bits per heavy atom. The molecule has 1 aromatic carbocycles. The highest BCUT2D eigenvalue weighted by atomic mass is 19.1. The second-order valence-corrected chi connectivity index (χ2v) is 4.54. The minimum absolute atomic E-state index is 0.199. The van der Waals surface area contributed by atoms with Gasteiger partial charge in [-0.2, -0.15) is 0 Å². The first kappa shape index (κ1) is 16.9. The van der Waals surface area contributed by atoms with Gasteiger partial charge in [-0.15, -0.1) is 0 Å². The summed E-state index contributed by atoms with van der Waals surface area (Å²) in [6, 6.07) is 5.17. The number of benzene rings is 1. The first-order chi connectivity index (χ1) is 9.70. The Balaban J connectivity index is 2.66. The molecule has 0 spiro atoms. The Bertz CT molecular complexity index is 388. The molecule has 114 valence electrons. The molecule has 0 radical (unpaired) electrons. The number of para-hydroxylation sites is 1. The van der Waals surface area contributed by atoms with Gasteiger partial charge >= 0.3 is 0 Å². The first-order valence-electron chi connectivity index (χ1n) is 6.96. The lowest BCUT2D eigenvalue weighted by Gasteiger charge is -2.23. The number of hydrogen-bond donors (Lipinski definition) is 1. The van der Waals surface area contributed by atoms with Crippen LogP contribution in [-0.4, -0.2) is 47.1 Å². The molecule has 0 heterocycles. The highest BCUT2D eigenvalue weighted by Crippen LogP contribution is 2.23. The van der Waals surface area contributed by atoms with E-state index in [1.54, 1.807) is 13.2 Å². The topological polar surface area (TPSA) is 33.7 Å². The first-order valence-corrected chi connectivity index (χ1v) is 6.96. The molecule has 0 aliphatic heterocycles. The molecule has 5 heteroatoms. The van der Waals surface area contributed by atoms with Crippen LogP contribution < -0.4 is 10.2 Å². The standard InChI is InChI=1S/C15H25FN2O2/c1-4-20-11-9-18(2)15-13(6-5-7-14(15)16)12-17-8-10-19-3/h5-7,17H,4,8-12H2,1-3H3. The maximum atomic E-state index is 14.1. The van der Waals surface area contributed by atoms with E-state index in [1.165, 1.54) is 6.07 Å². The highest BCUT2D eigenvalue weighted by molar-refractivity contribution is 5.54. The SMILES string of the molecule is CCOCCN(C)c1c(F)cccc1CNCCOC. The van der Waals surface area contributed by atoms with E-state index in [9.17, 15) is 4.39 Å². The van der Waals surface area contributed by atoms with Crippen molar-refractivity contribution in [3.8, 4) is 0 Å². The van der Waals surface area contributed by atoms with Crippen molar-refractivity contribution in [3.05, 3.63) is 29.6 Å². The van der Waals surface area contributed by atoms with Gasteiger partial charge in [0.2, 0.25) is 0 Å². The molecular formula is C15H25FN2O2. The fourth-order valence-electron chi connectivity index (χ4n) is 1.99. The van der Waals surface area contributed by atoms with Gasteiger partial charge < -0.3 is 19.7 Å². The van der Waals surface area contributed by atoms with Crippen LogP contribution in [0.3, 0.4) is 0 Å². The van der Waals surface area contributed by atoms with Crippen LogP contribution >= 0.6 is 0 Å². The average molecular weight is 284 g/mol. The van der Waals surface area contributed by atoms with E-state index in [1.807, 2.05) is 24.9 Å². The molecular weight excluding hydrogens is 259 g/mol. The summed E-state index contributed by atoms with van der Waals surface area (Å²) in [7, 11) is 3.55. The van der Waals surface area contributed by atoms with Gasteiger partial charge in [0.25, 0.3) is 0 Å². The minimum Gasteiger partial charge on any atom is -0.383 e. The number of nitrogens with one attached hydrogen (secondary N) is 1. The second-order valence-electron chi connectivity index (χ2n) is 4.54. The van der Waals surface area contributed by atoms with Crippen molar-refractivity contribution in [3.63, 3.8) is 0 Å². The number of halogens is 1. The van der Waals surface area contributed by atoms with Gasteiger partial charge in [-0.05, 0) is 18.6 Å². The molecule has 0 fully saturated rings. The van der Waals surface area contributed by atoms with Crippen molar-refractivity contribution < 1.29 is 13.9 Å². The van der Waals surface area contributed by atoms with Crippen molar-refractivity contribution in [1.29, 1.82) is 0 Å². The van der Waals surface area contributed by atoms with E-state index in [4.69, 9.17) is 9.47 Å². The van der Waals surface area contributed by atoms with Crippen molar-refractivity contribution >= 4 is 5.69 Å². The molecule has 4 nitrogen and oxygen atoms in total. The summed E-state index contributed by atoms with van der Waals surface area (Å²) in [6.07, 6.45) is 0. The summed E-state index contributed by atoms with van der Waals surface area (Å²) < 4.78 is 24.4. The van der Waals surface area contributed by atoms with Crippen molar-refractivity contribution in [1.82, 2.24) is 5.32 Å². The van der Waals surface area contributed by atoms with E-state index >= 15 is 0 Å². The van der Waals surface area contributed by atoms with Crippen molar-refractivity contribution in [2.45, 2.75) is 13.5 Å². The van der Waals surface area contributed by atoms with Crippen molar-refractivity contribution in [2.75, 3.05) is 52.0 Å². The number of hydrogen-bond acceptors (Lipinski definition) is 4. The van der Waals surface area contributed by atoms with E-state index < -0.39 is 0 Å². The summed E-state index contributed by atoms with van der Waals surface area (Å²) in [5, 5.41) is 3.24.